The second-order valence-electron chi connectivity index (χ2n) is 6.22. The maximum atomic E-state index is 12.6. The van der Waals surface area contributed by atoms with Gasteiger partial charge < -0.3 is 4.90 Å². The van der Waals surface area contributed by atoms with Crippen LogP contribution in [-0.4, -0.2) is 57.3 Å². The van der Waals surface area contributed by atoms with Crippen LogP contribution in [0.25, 0.3) is 0 Å². The molecule has 1 amide bonds. The maximum Gasteiger partial charge on any atom is 0.304 e. The summed E-state index contributed by atoms with van der Waals surface area (Å²) in [5.74, 6) is 0.314. The number of hydrogen-bond donors (Lipinski definition) is 0. The van der Waals surface area contributed by atoms with E-state index in [1.807, 2.05) is 6.07 Å². The molecule has 128 valence electrons. The standard InChI is InChI=1S/C16H25N3O3S/c1-14-8-7-11-18(12-14)16(20)13-19(23(21,22)17(2)3)15-9-5-4-6-10-15/h4-6,9-10,14H,7-8,11-13H2,1-3H3/t14-/m0/s1. The number of carbonyl (C=O) groups is 1. The molecule has 1 aromatic rings. The van der Waals surface area contributed by atoms with Crippen molar-refractivity contribution in [2.75, 3.05) is 38.0 Å². The fraction of sp³-hybridized carbons (Fsp3) is 0.562. The van der Waals surface area contributed by atoms with Gasteiger partial charge in [-0.2, -0.15) is 12.7 Å². The molecule has 0 N–H and O–H groups in total. The molecule has 0 bridgehead atoms. The van der Waals surface area contributed by atoms with Crippen LogP contribution < -0.4 is 4.31 Å². The second kappa shape index (κ2) is 7.31. The molecule has 0 aromatic heterocycles. The molecule has 1 aromatic carbocycles. The number of likely N-dealkylation sites (tertiary alicyclic amines) is 1. The van der Waals surface area contributed by atoms with Crippen molar-refractivity contribution in [3.63, 3.8) is 0 Å². The number of amides is 1. The number of rotatable bonds is 5. The molecule has 2 rings (SSSR count). The van der Waals surface area contributed by atoms with Gasteiger partial charge in [0, 0.05) is 27.2 Å². The molecule has 1 fully saturated rings. The molecular weight excluding hydrogens is 314 g/mol. The Bertz CT molecular complexity index is 631. The van der Waals surface area contributed by atoms with E-state index in [1.54, 1.807) is 29.2 Å². The van der Waals surface area contributed by atoms with Gasteiger partial charge in [0.25, 0.3) is 0 Å². The maximum absolute atomic E-state index is 12.6. The molecule has 0 aliphatic carbocycles. The van der Waals surface area contributed by atoms with Gasteiger partial charge in [-0.1, -0.05) is 25.1 Å². The molecule has 1 heterocycles. The second-order valence-corrected chi connectivity index (χ2v) is 8.29. The highest BCUT2D eigenvalue weighted by molar-refractivity contribution is 7.90. The Kier molecular flexibility index (Phi) is 5.64. The van der Waals surface area contributed by atoms with Crippen molar-refractivity contribution in [2.24, 2.45) is 5.92 Å². The normalized spacial score (nSPS) is 19.0. The fourth-order valence-electron chi connectivity index (χ4n) is 2.74. The smallest absolute Gasteiger partial charge is 0.304 e. The van der Waals surface area contributed by atoms with E-state index in [9.17, 15) is 13.2 Å². The molecule has 1 saturated heterocycles. The summed E-state index contributed by atoms with van der Waals surface area (Å²) in [5, 5.41) is 0. The van der Waals surface area contributed by atoms with Crippen molar-refractivity contribution in [3.05, 3.63) is 30.3 Å². The van der Waals surface area contributed by atoms with Crippen molar-refractivity contribution >= 4 is 21.8 Å². The summed E-state index contributed by atoms with van der Waals surface area (Å²) in [6, 6.07) is 8.75. The van der Waals surface area contributed by atoms with Gasteiger partial charge in [0.2, 0.25) is 5.91 Å². The Hall–Kier alpha value is -1.60. The first-order chi connectivity index (χ1) is 10.8. The van der Waals surface area contributed by atoms with E-state index in [0.29, 0.717) is 24.7 Å². The van der Waals surface area contributed by atoms with E-state index in [1.165, 1.54) is 18.4 Å². The summed E-state index contributed by atoms with van der Waals surface area (Å²) >= 11 is 0. The Morgan fingerprint density at radius 3 is 2.48 bits per heavy atom. The first-order valence-corrected chi connectivity index (χ1v) is 9.25. The van der Waals surface area contributed by atoms with Crippen molar-refractivity contribution in [1.29, 1.82) is 0 Å². The van der Waals surface area contributed by atoms with Crippen LogP contribution in [-0.2, 0) is 15.0 Å². The molecule has 0 radical (unpaired) electrons. The van der Waals surface area contributed by atoms with E-state index in [2.05, 4.69) is 6.92 Å². The largest absolute Gasteiger partial charge is 0.341 e. The van der Waals surface area contributed by atoms with Gasteiger partial charge >= 0.3 is 10.2 Å². The van der Waals surface area contributed by atoms with Gasteiger partial charge in [0.15, 0.2) is 0 Å². The molecule has 0 spiro atoms. The van der Waals surface area contributed by atoms with Gasteiger partial charge in [-0.25, -0.2) is 4.31 Å². The minimum absolute atomic E-state index is 0.147. The van der Waals surface area contributed by atoms with Crippen LogP contribution in [0.3, 0.4) is 0 Å². The van der Waals surface area contributed by atoms with Crippen LogP contribution in [0, 0.1) is 5.92 Å². The van der Waals surface area contributed by atoms with Crippen LogP contribution in [0.5, 0.6) is 0 Å². The van der Waals surface area contributed by atoms with Crippen molar-refractivity contribution in [1.82, 2.24) is 9.21 Å². The zero-order chi connectivity index (χ0) is 17.0. The number of hydrogen-bond acceptors (Lipinski definition) is 3. The Morgan fingerprint density at radius 2 is 1.91 bits per heavy atom. The monoisotopic (exact) mass is 339 g/mol. The lowest BCUT2D eigenvalue weighted by Crippen LogP contribution is -2.49. The Labute approximate surface area is 138 Å². The predicted molar refractivity (Wildman–Crippen MR) is 91.4 cm³/mol. The van der Waals surface area contributed by atoms with E-state index >= 15 is 0 Å². The molecule has 0 unspecified atom stereocenters. The van der Waals surface area contributed by atoms with Crippen LogP contribution in [0.4, 0.5) is 5.69 Å². The molecule has 0 saturated carbocycles. The van der Waals surface area contributed by atoms with E-state index in [-0.39, 0.29) is 12.5 Å². The van der Waals surface area contributed by atoms with Crippen molar-refractivity contribution in [2.45, 2.75) is 19.8 Å². The molecule has 6 nitrogen and oxygen atoms in total. The van der Waals surface area contributed by atoms with Crippen LogP contribution >= 0.6 is 0 Å². The molecule has 1 aliphatic heterocycles. The quantitative estimate of drug-likeness (QED) is 0.818. The number of nitrogens with zero attached hydrogens (tertiary/aromatic N) is 3. The number of carbonyl (C=O) groups excluding carboxylic acids is 1. The summed E-state index contributed by atoms with van der Waals surface area (Å²) in [6.45, 7) is 3.35. The highest BCUT2D eigenvalue weighted by atomic mass is 32.2. The molecule has 1 aliphatic rings. The van der Waals surface area contributed by atoms with Crippen molar-refractivity contribution < 1.29 is 13.2 Å². The van der Waals surface area contributed by atoms with Crippen LogP contribution in [0.2, 0.25) is 0 Å². The number of anilines is 1. The lowest BCUT2D eigenvalue weighted by molar-refractivity contribution is -0.131. The summed E-state index contributed by atoms with van der Waals surface area (Å²) in [6.07, 6.45) is 2.08. The minimum Gasteiger partial charge on any atom is -0.341 e. The first kappa shape index (κ1) is 17.7. The highest BCUT2D eigenvalue weighted by Gasteiger charge is 2.30. The highest BCUT2D eigenvalue weighted by Crippen LogP contribution is 2.21. The molecule has 7 heteroatoms. The number of piperidine rings is 1. The number of benzene rings is 1. The average molecular weight is 339 g/mol. The van der Waals surface area contributed by atoms with Gasteiger partial charge in [-0.15, -0.1) is 0 Å². The Morgan fingerprint density at radius 1 is 1.26 bits per heavy atom. The SMILES string of the molecule is C[C@H]1CCCN(C(=O)CN(c2ccccc2)S(=O)(=O)N(C)C)C1. The van der Waals surface area contributed by atoms with Crippen molar-refractivity contribution in [3.8, 4) is 0 Å². The zero-order valence-corrected chi connectivity index (χ0v) is 14.8. The number of para-hydroxylation sites is 1. The summed E-state index contributed by atoms with van der Waals surface area (Å²) in [7, 11) is -0.778. The fourth-order valence-corrected chi connectivity index (χ4v) is 3.79. The summed E-state index contributed by atoms with van der Waals surface area (Å²) < 4.78 is 27.5. The lowest BCUT2D eigenvalue weighted by Gasteiger charge is -2.33. The van der Waals surface area contributed by atoms with E-state index < -0.39 is 10.2 Å². The van der Waals surface area contributed by atoms with E-state index in [0.717, 1.165) is 17.1 Å². The van der Waals surface area contributed by atoms with Crippen LogP contribution in [0.15, 0.2) is 30.3 Å². The van der Waals surface area contributed by atoms with E-state index in [4.69, 9.17) is 0 Å². The first-order valence-electron chi connectivity index (χ1n) is 7.85. The topological polar surface area (TPSA) is 60.9 Å². The third-order valence-corrected chi connectivity index (χ3v) is 5.89. The minimum atomic E-state index is -3.72. The van der Waals surface area contributed by atoms with Gasteiger partial charge in [-0.3, -0.25) is 4.79 Å². The molecular formula is C16H25N3O3S. The Balaban J connectivity index is 2.23. The lowest BCUT2D eigenvalue weighted by atomic mass is 10.0. The molecule has 1 atom stereocenters. The van der Waals surface area contributed by atoms with Gasteiger partial charge in [-0.05, 0) is 30.9 Å². The zero-order valence-electron chi connectivity index (χ0n) is 14.0. The third kappa shape index (κ3) is 4.23. The van der Waals surface area contributed by atoms with Crippen LogP contribution in [0.1, 0.15) is 19.8 Å². The predicted octanol–water partition coefficient (Wildman–Crippen LogP) is 1.56. The summed E-state index contributed by atoms with van der Waals surface area (Å²) in [4.78, 5) is 14.4. The van der Waals surface area contributed by atoms with Gasteiger partial charge in [0.1, 0.15) is 6.54 Å². The average Bonchev–Trinajstić information content (AvgIpc) is 2.52. The summed E-state index contributed by atoms with van der Waals surface area (Å²) in [5.41, 5.74) is 0.500. The molecule has 23 heavy (non-hydrogen) atoms. The third-order valence-electron chi connectivity index (χ3n) is 4.07. The van der Waals surface area contributed by atoms with Gasteiger partial charge in [0.05, 0.1) is 5.69 Å².